The van der Waals surface area contributed by atoms with Crippen molar-refractivity contribution in [2.45, 2.75) is 19.0 Å². The summed E-state index contributed by atoms with van der Waals surface area (Å²) in [6.45, 7) is 0.910. The molecule has 31 heavy (non-hydrogen) atoms. The molecule has 1 unspecified atom stereocenters. The van der Waals surface area contributed by atoms with Gasteiger partial charge in [0.15, 0.2) is 0 Å². The molecule has 8 heteroatoms. The van der Waals surface area contributed by atoms with E-state index < -0.39 is 23.5 Å². The molecule has 158 valence electrons. The van der Waals surface area contributed by atoms with Crippen molar-refractivity contribution in [2.24, 2.45) is 0 Å². The number of carbonyl (C=O) groups is 2. The van der Waals surface area contributed by atoms with Crippen molar-refractivity contribution < 1.29 is 19.1 Å². The van der Waals surface area contributed by atoms with Gasteiger partial charge in [-0.05, 0) is 36.2 Å². The number of rotatable bonds is 6. The van der Waals surface area contributed by atoms with Gasteiger partial charge >= 0.3 is 0 Å². The minimum Gasteiger partial charge on any atom is -0.507 e. The molecule has 1 aromatic heterocycles. The van der Waals surface area contributed by atoms with Gasteiger partial charge in [-0.15, -0.1) is 0 Å². The highest BCUT2D eigenvalue weighted by molar-refractivity contribution is 9.10. The fraction of sp³-hybridized carbons (Fsp3) is 0.174. The Hall–Kier alpha value is -3.26. The van der Waals surface area contributed by atoms with Crippen molar-refractivity contribution in [1.82, 2.24) is 14.5 Å². The predicted molar refractivity (Wildman–Crippen MR) is 116 cm³/mol. The number of benzene rings is 2. The Morgan fingerprint density at radius 3 is 2.42 bits per heavy atom. The first-order valence-electron chi connectivity index (χ1n) is 9.71. The summed E-state index contributed by atoms with van der Waals surface area (Å²) in [6, 6.07) is 11.6. The van der Waals surface area contributed by atoms with Gasteiger partial charge in [0.2, 0.25) is 0 Å². The van der Waals surface area contributed by atoms with Gasteiger partial charge in [-0.3, -0.25) is 9.59 Å². The SMILES string of the molecule is O=C1C(=O)N(CCCn2ccnc2)C(c2ccc(F)cc2)/C1=C(\O)c1ccc(Br)cc1. The minimum absolute atomic E-state index is 0.00145. The highest BCUT2D eigenvalue weighted by Gasteiger charge is 2.45. The number of aryl methyl sites for hydroxylation is 1. The molecule has 1 saturated heterocycles. The third-order valence-electron chi connectivity index (χ3n) is 5.22. The predicted octanol–water partition coefficient (Wildman–Crippen LogP) is 4.30. The van der Waals surface area contributed by atoms with E-state index in [9.17, 15) is 19.1 Å². The lowest BCUT2D eigenvalue weighted by Gasteiger charge is -2.25. The van der Waals surface area contributed by atoms with Crippen molar-refractivity contribution in [2.75, 3.05) is 6.54 Å². The lowest BCUT2D eigenvalue weighted by molar-refractivity contribution is -0.139. The minimum atomic E-state index is -0.799. The topological polar surface area (TPSA) is 75.4 Å². The summed E-state index contributed by atoms with van der Waals surface area (Å²) < 4.78 is 16.2. The molecule has 3 aromatic rings. The number of hydrogen-bond donors (Lipinski definition) is 1. The fourth-order valence-electron chi connectivity index (χ4n) is 3.71. The lowest BCUT2D eigenvalue weighted by Crippen LogP contribution is -2.31. The highest BCUT2D eigenvalue weighted by Crippen LogP contribution is 2.39. The number of nitrogens with zero attached hydrogens (tertiary/aromatic N) is 3. The second-order valence-corrected chi connectivity index (χ2v) is 8.12. The first-order chi connectivity index (χ1) is 15.0. The standard InChI is InChI=1S/C23H19BrFN3O3/c24-17-6-2-16(3-7-17)21(29)19-20(15-4-8-18(25)9-5-15)28(23(31)22(19)30)12-1-11-27-13-10-26-14-27/h2-10,13-14,20,29H,1,11-12H2/b21-19+. The molecule has 1 amide bonds. The Kier molecular flexibility index (Phi) is 5.99. The van der Waals surface area contributed by atoms with Crippen LogP contribution in [-0.4, -0.2) is 37.8 Å². The zero-order valence-corrected chi connectivity index (χ0v) is 18.0. The molecule has 2 aromatic carbocycles. The summed E-state index contributed by atoms with van der Waals surface area (Å²) in [4.78, 5) is 31.2. The average molecular weight is 484 g/mol. The average Bonchev–Trinajstić information content (AvgIpc) is 3.37. The van der Waals surface area contributed by atoms with E-state index in [0.717, 1.165) is 4.47 Å². The van der Waals surface area contributed by atoms with Gasteiger partial charge in [0.1, 0.15) is 11.6 Å². The van der Waals surface area contributed by atoms with Gasteiger partial charge in [0.25, 0.3) is 11.7 Å². The van der Waals surface area contributed by atoms with E-state index in [2.05, 4.69) is 20.9 Å². The zero-order chi connectivity index (χ0) is 22.0. The summed E-state index contributed by atoms with van der Waals surface area (Å²) in [7, 11) is 0. The molecular weight excluding hydrogens is 465 g/mol. The molecule has 0 aliphatic carbocycles. The molecule has 1 aliphatic heterocycles. The Morgan fingerprint density at radius 1 is 1.06 bits per heavy atom. The number of hydrogen-bond acceptors (Lipinski definition) is 4. The molecule has 0 bridgehead atoms. The lowest BCUT2D eigenvalue weighted by atomic mass is 9.95. The largest absolute Gasteiger partial charge is 0.507 e. The van der Waals surface area contributed by atoms with Gasteiger partial charge in [0, 0.05) is 35.5 Å². The number of ketones is 1. The second-order valence-electron chi connectivity index (χ2n) is 7.20. The summed E-state index contributed by atoms with van der Waals surface area (Å²) in [5.74, 6) is -2.11. The van der Waals surface area contributed by atoms with Gasteiger partial charge in [-0.25, -0.2) is 9.37 Å². The smallest absolute Gasteiger partial charge is 0.295 e. The van der Waals surface area contributed by atoms with E-state index in [1.54, 1.807) is 36.8 Å². The number of imidazole rings is 1. The normalized spacial score (nSPS) is 18.0. The number of Topliss-reactive ketones (excluding diaryl/α,β-unsaturated/α-hetero) is 1. The van der Waals surface area contributed by atoms with Crippen LogP contribution in [0, 0.1) is 5.82 Å². The third kappa shape index (κ3) is 4.29. The van der Waals surface area contributed by atoms with Crippen LogP contribution in [0.5, 0.6) is 0 Å². The zero-order valence-electron chi connectivity index (χ0n) is 16.4. The summed E-state index contributed by atoms with van der Waals surface area (Å²) >= 11 is 3.34. The van der Waals surface area contributed by atoms with Crippen LogP contribution in [-0.2, 0) is 16.1 Å². The Morgan fingerprint density at radius 2 is 1.77 bits per heavy atom. The number of aromatic nitrogens is 2. The van der Waals surface area contributed by atoms with E-state index in [1.807, 2.05) is 10.8 Å². The molecule has 1 aliphatic rings. The van der Waals surface area contributed by atoms with Crippen LogP contribution in [0.1, 0.15) is 23.6 Å². The van der Waals surface area contributed by atoms with E-state index in [0.29, 0.717) is 30.6 Å². The van der Waals surface area contributed by atoms with Crippen LogP contribution < -0.4 is 0 Å². The van der Waals surface area contributed by atoms with Crippen molar-refractivity contribution in [3.05, 3.63) is 94.2 Å². The van der Waals surface area contributed by atoms with Gasteiger partial charge < -0.3 is 14.6 Å². The molecule has 6 nitrogen and oxygen atoms in total. The van der Waals surface area contributed by atoms with Crippen molar-refractivity contribution in [1.29, 1.82) is 0 Å². The van der Waals surface area contributed by atoms with Crippen LogP contribution in [0.25, 0.3) is 5.76 Å². The fourth-order valence-corrected chi connectivity index (χ4v) is 3.97. The Labute approximate surface area is 186 Å². The molecule has 4 rings (SSSR count). The van der Waals surface area contributed by atoms with Crippen LogP contribution in [0.15, 0.2) is 77.3 Å². The number of likely N-dealkylation sites (tertiary alicyclic amines) is 1. The maximum absolute atomic E-state index is 13.5. The number of halogens is 2. The maximum atomic E-state index is 13.5. The number of carbonyl (C=O) groups excluding carboxylic acids is 2. The molecule has 0 saturated carbocycles. The summed E-state index contributed by atoms with van der Waals surface area (Å²) in [5.41, 5.74) is 0.982. The number of aliphatic hydroxyl groups is 1. The molecule has 1 atom stereocenters. The first kappa shape index (κ1) is 21.0. The van der Waals surface area contributed by atoms with Crippen LogP contribution in [0.3, 0.4) is 0 Å². The van der Waals surface area contributed by atoms with Gasteiger partial charge in [-0.2, -0.15) is 0 Å². The summed E-state index contributed by atoms with van der Waals surface area (Å²) in [6.07, 6.45) is 5.75. The molecule has 1 fully saturated rings. The van der Waals surface area contributed by atoms with Crippen LogP contribution >= 0.6 is 15.9 Å². The highest BCUT2D eigenvalue weighted by atomic mass is 79.9. The van der Waals surface area contributed by atoms with Crippen molar-refractivity contribution in [3.63, 3.8) is 0 Å². The van der Waals surface area contributed by atoms with E-state index >= 15 is 0 Å². The summed E-state index contributed by atoms with van der Waals surface area (Å²) in [5, 5.41) is 11.0. The quantitative estimate of drug-likeness (QED) is 0.322. The second kappa shape index (κ2) is 8.85. The first-order valence-corrected chi connectivity index (χ1v) is 10.5. The van der Waals surface area contributed by atoms with E-state index in [4.69, 9.17) is 0 Å². The van der Waals surface area contributed by atoms with Crippen LogP contribution in [0.2, 0.25) is 0 Å². The molecule has 2 heterocycles. The molecule has 0 radical (unpaired) electrons. The monoisotopic (exact) mass is 483 g/mol. The van der Waals surface area contributed by atoms with E-state index in [1.165, 1.54) is 29.2 Å². The molecular formula is C23H19BrFN3O3. The number of amides is 1. The molecule has 1 N–H and O–H groups in total. The van der Waals surface area contributed by atoms with Gasteiger partial charge in [-0.1, -0.05) is 40.2 Å². The van der Waals surface area contributed by atoms with Crippen molar-refractivity contribution >= 4 is 33.4 Å². The maximum Gasteiger partial charge on any atom is 0.295 e. The van der Waals surface area contributed by atoms with Gasteiger partial charge in [0.05, 0.1) is 17.9 Å². The van der Waals surface area contributed by atoms with Crippen molar-refractivity contribution in [3.8, 4) is 0 Å². The van der Waals surface area contributed by atoms with Crippen LogP contribution in [0.4, 0.5) is 4.39 Å². The number of aliphatic hydroxyl groups excluding tert-OH is 1. The Balaban J connectivity index is 1.72. The molecule has 0 spiro atoms. The Bertz CT molecular complexity index is 1130. The van der Waals surface area contributed by atoms with E-state index in [-0.39, 0.29) is 11.3 Å². The third-order valence-corrected chi connectivity index (χ3v) is 5.75.